The number of hydrogen-bond donors (Lipinski definition) is 1. The molecule has 1 aliphatic heterocycles. The van der Waals surface area contributed by atoms with Crippen molar-refractivity contribution in [1.82, 2.24) is 5.32 Å². The predicted octanol–water partition coefficient (Wildman–Crippen LogP) is 0.989. The molecule has 1 fully saturated rings. The van der Waals surface area contributed by atoms with E-state index < -0.39 is 0 Å². The van der Waals surface area contributed by atoms with Crippen LogP contribution >= 0.6 is 11.8 Å². The van der Waals surface area contributed by atoms with Crippen molar-refractivity contribution < 1.29 is 0 Å². The molecular weight excluding hydrogens is 142 g/mol. The molecule has 2 unspecified atom stereocenters. The molecule has 2 aliphatic rings. The first-order chi connectivity index (χ1) is 4.97. The topological polar surface area (TPSA) is 12.0 Å². The molecule has 10 heavy (non-hydrogen) atoms. The molecule has 2 atom stereocenters. The monoisotopic (exact) mass is 152 g/mol. The normalized spacial score (nSPS) is 37.6. The van der Waals surface area contributed by atoms with Crippen molar-refractivity contribution in [3.05, 3.63) is 24.3 Å². The molecule has 53 valence electrons. The number of allylic oxidation sites excluding steroid dienone is 2. The number of hydrogen-bond acceptors (Lipinski definition) is 2. The van der Waals surface area contributed by atoms with E-state index in [1.54, 1.807) is 0 Å². The first kappa shape index (κ1) is 6.50. The lowest BCUT2D eigenvalue weighted by Crippen LogP contribution is -2.42. The lowest BCUT2D eigenvalue weighted by atomic mass is 10.1. The van der Waals surface area contributed by atoms with Crippen molar-refractivity contribution in [3.63, 3.8) is 0 Å². The van der Waals surface area contributed by atoms with E-state index in [4.69, 9.17) is 0 Å². The molecule has 0 saturated carbocycles. The van der Waals surface area contributed by atoms with E-state index in [0.717, 1.165) is 6.54 Å². The molecular formula is C8H10NS. The second-order valence-corrected chi connectivity index (χ2v) is 3.77. The Hall–Kier alpha value is -0.210. The standard InChI is InChI=1S/C8H10NS/c1-2-4-8-7(3-1)9-5-6-10-8/h1-2,4,7-9H,5-6H2. The highest BCUT2D eigenvalue weighted by Crippen LogP contribution is 2.22. The second kappa shape index (κ2) is 2.81. The van der Waals surface area contributed by atoms with E-state index in [1.165, 1.54) is 5.75 Å². The van der Waals surface area contributed by atoms with Crippen molar-refractivity contribution in [2.24, 2.45) is 0 Å². The first-order valence-corrected chi connectivity index (χ1v) is 4.63. The van der Waals surface area contributed by atoms with Crippen molar-refractivity contribution in [1.29, 1.82) is 0 Å². The average molecular weight is 152 g/mol. The Morgan fingerprint density at radius 3 is 3.50 bits per heavy atom. The quantitative estimate of drug-likeness (QED) is 0.555. The van der Waals surface area contributed by atoms with Gasteiger partial charge >= 0.3 is 0 Å². The Morgan fingerprint density at radius 2 is 2.60 bits per heavy atom. The highest BCUT2D eigenvalue weighted by atomic mass is 32.2. The van der Waals surface area contributed by atoms with Gasteiger partial charge in [0.2, 0.25) is 0 Å². The molecule has 0 bridgehead atoms. The van der Waals surface area contributed by atoms with Crippen LogP contribution in [0.4, 0.5) is 0 Å². The summed E-state index contributed by atoms with van der Waals surface area (Å²) >= 11 is 2.02. The van der Waals surface area contributed by atoms with Gasteiger partial charge in [0.1, 0.15) is 0 Å². The van der Waals surface area contributed by atoms with Crippen LogP contribution in [0, 0.1) is 6.08 Å². The van der Waals surface area contributed by atoms with Crippen molar-refractivity contribution >= 4 is 11.8 Å². The van der Waals surface area contributed by atoms with E-state index in [-0.39, 0.29) is 0 Å². The van der Waals surface area contributed by atoms with Gasteiger partial charge in [-0.25, -0.2) is 0 Å². The van der Waals surface area contributed by atoms with Gasteiger partial charge in [-0.1, -0.05) is 18.2 Å². The second-order valence-electron chi connectivity index (χ2n) is 2.49. The Labute approximate surface area is 65.6 Å². The van der Waals surface area contributed by atoms with E-state index in [9.17, 15) is 0 Å². The molecule has 2 heteroatoms. The zero-order chi connectivity index (χ0) is 6.81. The fraction of sp³-hybridized carbons (Fsp3) is 0.500. The SMILES string of the molecule is [C]1=CC=CC2SCCNC12. The van der Waals surface area contributed by atoms with Gasteiger partial charge in [-0.15, -0.1) is 0 Å². The van der Waals surface area contributed by atoms with Crippen LogP contribution in [0.5, 0.6) is 0 Å². The van der Waals surface area contributed by atoms with Crippen LogP contribution in [0.15, 0.2) is 18.2 Å². The highest BCUT2D eigenvalue weighted by molar-refractivity contribution is 8.00. The van der Waals surface area contributed by atoms with Gasteiger partial charge in [-0.2, -0.15) is 11.8 Å². The molecule has 0 aromatic rings. The number of fused-ring (bicyclic) bond motifs is 1. The lowest BCUT2D eigenvalue weighted by Gasteiger charge is -2.28. The fourth-order valence-corrected chi connectivity index (χ4v) is 2.34. The molecule has 1 N–H and O–H groups in total. The van der Waals surface area contributed by atoms with Crippen LogP contribution in [0.2, 0.25) is 0 Å². The summed E-state index contributed by atoms with van der Waals surface area (Å²) in [6, 6.07) is 0.476. The maximum absolute atomic E-state index is 3.41. The smallest absolute Gasteiger partial charge is 0.0479 e. The van der Waals surface area contributed by atoms with E-state index in [0.29, 0.717) is 11.3 Å². The predicted molar refractivity (Wildman–Crippen MR) is 45.0 cm³/mol. The molecule has 2 rings (SSSR count). The molecule has 1 radical (unpaired) electrons. The summed E-state index contributed by atoms with van der Waals surface area (Å²) < 4.78 is 0. The van der Waals surface area contributed by atoms with Gasteiger partial charge in [0.05, 0.1) is 0 Å². The molecule has 0 aromatic heterocycles. The molecule has 0 aromatic carbocycles. The minimum Gasteiger partial charge on any atom is -0.308 e. The van der Waals surface area contributed by atoms with Gasteiger partial charge < -0.3 is 5.32 Å². The molecule has 0 spiro atoms. The number of nitrogens with one attached hydrogen (secondary N) is 1. The number of thioether (sulfide) groups is 1. The number of rotatable bonds is 0. The van der Waals surface area contributed by atoms with Gasteiger partial charge in [-0.05, 0) is 6.08 Å². The first-order valence-electron chi connectivity index (χ1n) is 3.58. The van der Waals surface area contributed by atoms with Crippen molar-refractivity contribution in [2.45, 2.75) is 11.3 Å². The van der Waals surface area contributed by atoms with Gasteiger partial charge in [-0.3, -0.25) is 0 Å². The maximum atomic E-state index is 3.41. The van der Waals surface area contributed by atoms with Crippen LogP contribution in [0.25, 0.3) is 0 Å². The summed E-state index contributed by atoms with van der Waals surface area (Å²) in [5.41, 5.74) is 0. The summed E-state index contributed by atoms with van der Waals surface area (Å²) in [4.78, 5) is 0. The van der Waals surface area contributed by atoms with Crippen LogP contribution < -0.4 is 5.32 Å². The highest BCUT2D eigenvalue weighted by Gasteiger charge is 2.21. The molecule has 1 aliphatic carbocycles. The molecule has 1 heterocycles. The fourth-order valence-electron chi connectivity index (χ4n) is 1.27. The summed E-state index contributed by atoms with van der Waals surface area (Å²) in [6.45, 7) is 1.13. The minimum absolute atomic E-state index is 0.476. The summed E-state index contributed by atoms with van der Waals surface area (Å²) in [5.74, 6) is 1.23. The van der Waals surface area contributed by atoms with Crippen LogP contribution in [0.3, 0.4) is 0 Å². The van der Waals surface area contributed by atoms with Gasteiger partial charge in [0.25, 0.3) is 0 Å². The van der Waals surface area contributed by atoms with Crippen LogP contribution in [-0.2, 0) is 0 Å². The Balaban J connectivity index is 2.09. The summed E-state index contributed by atoms with van der Waals surface area (Å²) in [7, 11) is 0. The third-order valence-corrected chi connectivity index (χ3v) is 3.03. The van der Waals surface area contributed by atoms with E-state index in [2.05, 4.69) is 23.5 Å². The Bertz CT molecular complexity index is 154. The minimum atomic E-state index is 0.476. The maximum Gasteiger partial charge on any atom is 0.0479 e. The van der Waals surface area contributed by atoms with E-state index in [1.807, 2.05) is 17.8 Å². The largest absolute Gasteiger partial charge is 0.308 e. The summed E-state index contributed by atoms with van der Waals surface area (Å²) in [6.07, 6.45) is 9.61. The van der Waals surface area contributed by atoms with E-state index >= 15 is 0 Å². The lowest BCUT2D eigenvalue weighted by molar-refractivity contribution is 0.600. The van der Waals surface area contributed by atoms with Crippen molar-refractivity contribution in [3.8, 4) is 0 Å². The van der Waals surface area contributed by atoms with Crippen molar-refractivity contribution in [2.75, 3.05) is 12.3 Å². The van der Waals surface area contributed by atoms with Gasteiger partial charge in [0.15, 0.2) is 0 Å². The summed E-state index contributed by atoms with van der Waals surface area (Å²) in [5, 5.41) is 4.04. The van der Waals surface area contributed by atoms with Crippen LogP contribution in [0.1, 0.15) is 0 Å². The Morgan fingerprint density at radius 1 is 1.60 bits per heavy atom. The molecule has 1 saturated heterocycles. The average Bonchev–Trinajstić information content (AvgIpc) is 2.05. The zero-order valence-corrected chi connectivity index (χ0v) is 6.53. The molecule has 0 amide bonds. The third-order valence-electron chi connectivity index (χ3n) is 1.78. The third kappa shape index (κ3) is 1.13. The Kier molecular flexibility index (Phi) is 1.82. The van der Waals surface area contributed by atoms with Crippen LogP contribution in [-0.4, -0.2) is 23.6 Å². The zero-order valence-electron chi connectivity index (χ0n) is 5.71. The van der Waals surface area contributed by atoms with Gasteiger partial charge in [0, 0.05) is 23.6 Å². The molecule has 1 nitrogen and oxygen atoms in total.